The van der Waals surface area contributed by atoms with Crippen LogP contribution in [0.3, 0.4) is 0 Å². The average Bonchev–Trinajstić information content (AvgIpc) is 3.31. The van der Waals surface area contributed by atoms with E-state index in [1.54, 1.807) is 7.11 Å². The number of benzene rings is 1. The number of carbonyl (C=O) groups is 2. The molecule has 2 fully saturated rings. The van der Waals surface area contributed by atoms with Gasteiger partial charge in [0.15, 0.2) is 0 Å². The lowest BCUT2D eigenvalue weighted by molar-refractivity contribution is -0.132. The summed E-state index contributed by atoms with van der Waals surface area (Å²) in [6.07, 6.45) is 1.97. The predicted molar refractivity (Wildman–Crippen MR) is 91.8 cm³/mol. The molecule has 1 aliphatic heterocycles. The van der Waals surface area contributed by atoms with Crippen molar-refractivity contribution >= 4 is 11.8 Å². The molecule has 0 aromatic heterocycles. The molecule has 1 heterocycles. The van der Waals surface area contributed by atoms with Crippen LogP contribution in [0.15, 0.2) is 24.3 Å². The molecule has 1 saturated heterocycles. The third kappa shape index (κ3) is 3.40. The number of likely N-dealkylation sites (tertiary alicyclic amines) is 1. The number of hydrogen-bond donors (Lipinski definition) is 1. The lowest BCUT2D eigenvalue weighted by atomic mass is 9.87. The maximum Gasteiger partial charge on any atom is 0.225 e. The molecular weight excluding hydrogens is 304 g/mol. The molecule has 5 nitrogen and oxygen atoms in total. The highest BCUT2D eigenvalue weighted by Crippen LogP contribution is 2.40. The molecular formula is C19H26N2O3. The van der Waals surface area contributed by atoms with E-state index in [0.717, 1.165) is 24.2 Å². The fraction of sp³-hybridized carbons (Fsp3) is 0.579. The normalized spacial score (nSPS) is 23.4. The van der Waals surface area contributed by atoms with Gasteiger partial charge in [-0.05, 0) is 38.3 Å². The zero-order valence-corrected chi connectivity index (χ0v) is 14.6. The van der Waals surface area contributed by atoms with Gasteiger partial charge in [-0.1, -0.05) is 18.2 Å². The molecule has 1 aromatic rings. The quantitative estimate of drug-likeness (QED) is 0.900. The Morgan fingerprint density at radius 3 is 2.54 bits per heavy atom. The molecule has 5 heteroatoms. The average molecular weight is 330 g/mol. The van der Waals surface area contributed by atoms with E-state index in [0.29, 0.717) is 13.1 Å². The van der Waals surface area contributed by atoms with Crippen molar-refractivity contribution < 1.29 is 14.3 Å². The van der Waals surface area contributed by atoms with Gasteiger partial charge in [0.05, 0.1) is 13.0 Å². The molecule has 1 saturated carbocycles. The summed E-state index contributed by atoms with van der Waals surface area (Å²) in [5, 5.41) is 3.01. The SMILES string of the molecule is COc1ccccc1C1CN(C(=O)C2CC2)CC1C(=O)NC(C)C. The first kappa shape index (κ1) is 16.8. The lowest BCUT2D eigenvalue weighted by Crippen LogP contribution is -2.39. The van der Waals surface area contributed by atoms with Gasteiger partial charge in [-0.2, -0.15) is 0 Å². The Bertz CT molecular complexity index is 625. The fourth-order valence-corrected chi connectivity index (χ4v) is 3.52. The lowest BCUT2D eigenvalue weighted by Gasteiger charge is -2.21. The van der Waals surface area contributed by atoms with E-state index in [9.17, 15) is 9.59 Å². The van der Waals surface area contributed by atoms with Gasteiger partial charge >= 0.3 is 0 Å². The highest BCUT2D eigenvalue weighted by molar-refractivity contribution is 5.85. The van der Waals surface area contributed by atoms with Crippen molar-refractivity contribution in [1.29, 1.82) is 0 Å². The van der Waals surface area contributed by atoms with Crippen molar-refractivity contribution in [3.8, 4) is 5.75 Å². The molecule has 1 N–H and O–H groups in total. The first-order valence-electron chi connectivity index (χ1n) is 8.73. The third-order valence-corrected chi connectivity index (χ3v) is 4.86. The molecule has 0 spiro atoms. The Morgan fingerprint density at radius 1 is 1.21 bits per heavy atom. The topological polar surface area (TPSA) is 58.6 Å². The molecule has 2 aliphatic rings. The van der Waals surface area contributed by atoms with Crippen molar-refractivity contribution in [3.05, 3.63) is 29.8 Å². The summed E-state index contributed by atoms with van der Waals surface area (Å²) in [5.74, 6) is 0.927. The Balaban J connectivity index is 1.87. The molecule has 1 aromatic carbocycles. The molecule has 0 bridgehead atoms. The second kappa shape index (κ2) is 6.83. The van der Waals surface area contributed by atoms with Gasteiger partial charge < -0.3 is 15.0 Å². The second-order valence-corrected chi connectivity index (χ2v) is 7.14. The number of carbonyl (C=O) groups excluding carboxylic acids is 2. The van der Waals surface area contributed by atoms with Gasteiger partial charge in [-0.25, -0.2) is 0 Å². The number of rotatable bonds is 5. The number of nitrogens with one attached hydrogen (secondary N) is 1. The minimum Gasteiger partial charge on any atom is -0.496 e. The summed E-state index contributed by atoms with van der Waals surface area (Å²) in [6, 6.07) is 7.89. The van der Waals surface area contributed by atoms with Gasteiger partial charge in [-0.15, -0.1) is 0 Å². The van der Waals surface area contributed by atoms with E-state index in [-0.39, 0.29) is 35.6 Å². The molecule has 2 amide bonds. The van der Waals surface area contributed by atoms with Crippen molar-refractivity contribution in [3.63, 3.8) is 0 Å². The van der Waals surface area contributed by atoms with E-state index in [2.05, 4.69) is 5.32 Å². The largest absolute Gasteiger partial charge is 0.496 e. The van der Waals surface area contributed by atoms with Crippen LogP contribution in [0.4, 0.5) is 0 Å². The van der Waals surface area contributed by atoms with Crippen LogP contribution in [0.5, 0.6) is 5.75 Å². The minimum atomic E-state index is -0.230. The molecule has 2 unspecified atom stereocenters. The summed E-state index contributed by atoms with van der Waals surface area (Å²) in [5.41, 5.74) is 1.01. The smallest absolute Gasteiger partial charge is 0.225 e. The Labute approximate surface area is 143 Å². The highest BCUT2D eigenvalue weighted by atomic mass is 16.5. The molecule has 24 heavy (non-hydrogen) atoms. The first-order valence-corrected chi connectivity index (χ1v) is 8.73. The van der Waals surface area contributed by atoms with Crippen LogP contribution in [0.1, 0.15) is 38.2 Å². The Hall–Kier alpha value is -2.04. The van der Waals surface area contributed by atoms with Gasteiger partial charge in [-0.3, -0.25) is 9.59 Å². The predicted octanol–water partition coefficient (Wildman–Crippen LogP) is 2.17. The van der Waals surface area contributed by atoms with E-state index in [4.69, 9.17) is 4.74 Å². The van der Waals surface area contributed by atoms with E-state index >= 15 is 0 Å². The summed E-state index contributed by atoms with van der Waals surface area (Å²) < 4.78 is 5.49. The van der Waals surface area contributed by atoms with E-state index < -0.39 is 0 Å². The summed E-state index contributed by atoms with van der Waals surface area (Å²) in [7, 11) is 1.64. The zero-order chi connectivity index (χ0) is 17.3. The number of para-hydroxylation sites is 1. The van der Waals surface area contributed by atoms with Crippen LogP contribution in [-0.4, -0.2) is 43.0 Å². The fourth-order valence-electron chi connectivity index (χ4n) is 3.52. The molecule has 3 rings (SSSR count). The first-order chi connectivity index (χ1) is 11.5. The van der Waals surface area contributed by atoms with Crippen LogP contribution >= 0.6 is 0 Å². The van der Waals surface area contributed by atoms with Gasteiger partial charge in [0.25, 0.3) is 0 Å². The van der Waals surface area contributed by atoms with Gasteiger partial charge in [0.2, 0.25) is 11.8 Å². The maximum absolute atomic E-state index is 12.7. The number of nitrogens with zero attached hydrogens (tertiary/aromatic N) is 1. The van der Waals surface area contributed by atoms with Crippen LogP contribution in [0.2, 0.25) is 0 Å². The van der Waals surface area contributed by atoms with Gasteiger partial charge in [0, 0.05) is 31.0 Å². The van der Waals surface area contributed by atoms with Crippen LogP contribution in [-0.2, 0) is 9.59 Å². The number of methoxy groups -OCH3 is 1. The summed E-state index contributed by atoms with van der Waals surface area (Å²) >= 11 is 0. The number of ether oxygens (including phenoxy) is 1. The Kier molecular flexibility index (Phi) is 4.78. The standard InChI is InChI=1S/C19H26N2O3/c1-12(2)20-18(22)16-11-21(19(23)13-8-9-13)10-15(16)14-6-4-5-7-17(14)24-3/h4-7,12-13,15-16H,8-11H2,1-3H3,(H,20,22). The van der Waals surface area contributed by atoms with E-state index in [1.807, 2.05) is 43.0 Å². The third-order valence-electron chi connectivity index (χ3n) is 4.86. The van der Waals surface area contributed by atoms with Crippen molar-refractivity contribution in [1.82, 2.24) is 10.2 Å². The highest BCUT2D eigenvalue weighted by Gasteiger charge is 2.44. The van der Waals surface area contributed by atoms with Crippen molar-refractivity contribution in [2.24, 2.45) is 11.8 Å². The maximum atomic E-state index is 12.7. The number of hydrogen-bond acceptors (Lipinski definition) is 3. The molecule has 2 atom stereocenters. The monoisotopic (exact) mass is 330 g/mol. The molecule has 1 aliphatic carbocycles. The summed E-state index contributed by atoms with van der Waals surface area (Å²) in [6.45, 7) is 5.00. The molecule has 0 radical (unpaired) electrons. The van der Waals surface area contributed by atoms with Crippen molar-refractivity contribution in [2.75, 3.05) is 20.2 Å². The van der Waals surface area contributed by atoms with Gasteiger partial charge in [0.1, 0.15) is 5.75 Å². The van der Waals surface area contributed by atoms with Crippen molar-refractivity contribution in [2.45, 2.75) is 38.6 Å². The van der Waals surface area contributed by atoms with Crippen LogP contribution in [0.25, 0.3) is 0 Å². The van der Waals surface area contributed by atoms with E-state index in [1.165, 1.54) is 0 Å². The number of amides is 2. The Morgan fingerprint density at radius 2 is 1.92 bits per heavy atom. The van der Waals surface area contributed by atoms with Crippen LogP contribution < -0.4 is 10.1 Å². The summed E-state index contributed by atoms with van der Waals surface area (Å²) in [4.78, 5) is 27.1. The van der Waals surface area contributed by atoms with Crippen LogP contribution in [0, 0.1) is 11.8 Å². The molecule has 130 valence electrons. The zero-order valence-electron chi connectivity index (χ0n) is 14.6. The second-order valence-electron chi connectivity index (χ2n) is 7.14. The minimum absolute atomic E-state index is 0.0204.